The molecule has 2 rings (SSSR count). The van der Waals surface area contributed by atoms with Crippen molar-refractivity contribution in [3.05, 3.63) is 23.8 Å². The number of carbonyl (C=O) groups is 1. The minimum atomic E-state index is -0.0772. The Morgan fingerprint density at radius 2 is 1.92 bits per heavy atom. The number of ether oxygens (including phenoxy) is 3. The summed E-state index contributed by atoms with van der Waals surface area (Å²) in [5.41, 5.74) is 0.595. The Morgan fingerprint density at radius 3 is 2.62 bits per heavy atom. The van der Waals surface area contributed by atoms with Crippen LogP contribution in [0.25, 0.3) is 0 Å². The average Bonchev–Trinajstić information content (AvgIpc) is 2.61. The minimum absolute atomic E-state index is 0.0772. The second kappa shape index (κ2) is 10.5. The monoisotopic (exact) mass is 353 g/mol. The first-order chi connectivity index (χ1) is 11.7. The fourth-order valence-electron chi connectivity index (χ4n) is 2.53. The van der Waals surface area contributed by atoms with Gasteiger partial charge in [0.15, 0.2) is 11.5 Å². The summed E-state index contributed by atoms with van der Waals surface area (Å²) < 4.78 is 16.4. The molecule has 0 saturated carbocycles. The number of benzene rings is 1. The molecule has 134 valence electrons. The van der Waals surface area contributed by atoms with Crippen molar-refractivity contribution in [2.75, 3.05) is 38.7 Å². The molecule has 1 heterocycles. The Balaban J connectivity index is 1.81. The summed E-state index contributed by atoms with van der Waals surface area (Å²) in [6.07, 6.45) is 2.21. The van der Waals surface area contributed by atoms with Crippen LogP contribution < -0.4 is 14.8 Å². The molecule has 0 unspecified atom stereocenters. The zero-order valence-corrected chi connectivity index (χ0v) is 15.3. The van der Waals surface area contributed by atoms with Crippen molar-refractivity contribution < 1.29 is 19.0 Å². The van der Waals surface area contributed by atoms with Crippen LogP contribution in [0.4, 0.5) is 0 Å². The smallest absolute Gasteiger partial charge is 0.251 e. The lowest BCUT2D eigenvalue weighted by molar-refractivity contribution is 0.0954. The van der Waals surface area contributed by atoms with Crippen molar-refractivity contribution in [2.45, 2.75) is 31.9 Å². The van der Waals surface area contributed by atoms with Crippen LogP contribution in [-0.4, -0.2) is 49.9 Å². The third-order valence-corrected chi connectivity index (χ3v) is 5.10. The molecule has 1 aliphatic rings. The van der Waals surface area contributed by atoms with Gasteiger partial charge in [0.2, 0.25) is 0 Å². The van der Waals surface area contributed by atoms with E-state index in [-0.39, 0.29) is 5.91 Å². The van der Waals surface area contributed by atoms with Crippen molar-refractivity contribution in [3.8, 4) is 11.5 Å². The summed E-state index contributed by atoms with van der Waals surface area (Å²) in [5, 5.41) is 3.63. The van der Waals surface area contributed by atoms with Gasteiger partial charge in [0, 0.05) is 36.3 Å². The van der Waals surface area contributed by atoms with Gasteiger partial charge < -0.3 is 19.5 Å². The number of hydrogen-bond donors (Lipinski definition) is 1. The molecular weight excluding hydrogens is 326 g/mol. The molecule has 1 aromatic rings. The van der Waals surface area contributed by atoms with E-state index in [2.05, 4.69) is 5.32 Å². The van der Waals surface area contributed by atoms with Crippen LogP contribution in [0.5, 0.6) is 11.5 Å². The molecule has 0 atom stereocenters. The van der Waals surface area contributed by atoms with Crippen LogP contribution in [-0.2, 0) is 4.74 Å². The molecule has 1 N–H and O–H groups in total. The van der Waals surface area contributed by atoms with E-state index in [4.69, 9.17) is 14.2 Å². The van der Waals surface area contributed by atoms with Crippen molar-refractivity contribution in [1.82, 2.24) is 5.32 Å². The molecule has 0 spiro atoms. The Labute approximate surface area is 148 Å². The Kier molecular flexibility index (Phi) is 8.25. The van der Waals surface area contributed by atoms with Crippen molar-refractivity contribution in [1.29, 1.82) is 0 Å². The summed E-state index contributed by atoms with van der Waals surface area (Å²) in [5.74, 6) is 2.13. The van der Waals surface area contributed by atoms with Crippen molar-refractivity contribution in [2.24, 2.45) is 0 Å². The van der Waals surface area contributed by atoms with Gasteiger partial charge in [-0.15, -0.1) is 0 Å². The van der Waals surface area contributed by atoms with Crippen LogP contribution >= 0.6 is 11.8 Å². The first-order valence-electron chi connectivity index (χ1n) is 8.61. The Bertz CT molecular complexity index is 518. The van der Waals surface area contributed by atoms with Gasteiger partial charge in [0.05, 0.1) is 13.2 Å². The highest BCUT2D eigenvalue weighted by molar-refractivity contribution is 7.99. The maximum atomic E-state index is 12.3. The predicted octanol–water partition coefficient (Wildman–Crippen LogP) is 3.13. The van der Waals surface area contributed by atoms with Gasteiger partial charge in [-0.1, -0.05) is 0 Å². The molecule has 6 heteroatoms. The van der Waals surface area contributed by atoms with E-state index >= 15 is 0 Å². The maximum Gasteiger partial charge on any atom is 0.251 e. The number of rotatable bonds is 9. The summed E-state index contributed by atoms with van der Waals surface area (Å²) in [4.78, 5) is 12.3. The first-order valence-corrected chi connectivity index (χ1v) is 9.66. The van der Waals surface area contributed by atoms with Crippen LogP contribution in [0.15, 0.2) is 18.2 Å². The van der Waals surface area contributed by atoms with Gasteiger partial charge in [0.1, 0.15) is 0 Å². The van der Waals surface area contributed by atoms with E-state index in [1.165, 1.54) is 0 Å². The van der Waals surface area contributed by atoms with E-state index in [0.29, 0.717) is 42.1 Å². The second-order valence-electron chi connectivity index (χ2n) is 5.47. The third-order valence-electron chi connectivity index (χ3n) is 3.72. The molecule has 5 nitrogen and oxygen atoms in total. The number of thioether (sulfide) groups is 1. The number of nitrogens with one attached hydrogen (secondary N) is 1. The van der Waals surface area contributed by atoms with Gasteiger partial charge in [-0.25, -0.2) is 0 Å². The molecule has 24 heavy (non-hydrogen) atoms. The normalized spacial score (nSPS) is 15.1. The SMILES string of the molecule is CCOc1ccc(C(=O)NCCSC2CCOCC2)cc1OCC. The Morgan fingerprint density at radius 1 is 1.21 bits per heavy atom. The summed E-state index contributed by atoms with van der Waals surface area (Å²) in [6.45, 7) is 7.31. The number of hydrogen-bond acceptors (Lipinski definition) is 5. The molecule has 1 aromatic carbocycles. The predicted molar refractivity (Wildman–Crippen MR) is 97.4 cm³/mol. The lowest BCUT2D eigenvalue weighted by Crippen LogP contribution is -2.27. The first kappa shape index (κ1) is 18.9. The number of carbonyl (C=O) groups excluding carboxylic acids is 1. The van der Waals surface area contributed by atoms with Gasteiger partial charge in [-0.2, -0.15) is 11.8 Å². The van der Waals surface area contributed by atoms with E-state index in [9.17, 15) is 4.79 Å². The second-order valence-corrected chi connectivity index (χ2v) is 6.87. The molecule has 1 aliphatic heterocycles. The number of amides is 1. The van der Waals surface area contributed by atoms with Crippen LogP contribution in [0.1, 0.15) is 37.0 Å². The molecule has 1 saturated heterocycles. The fourth-order valence-corrected chi connectivity index (χ4v) is 3.61. The Hall–Kier alpha value is -1.40. The van der Waals surface area contributed by atoms with E-state index in [1.807, 2.05) is 25.6 Å². The van der Waals surface area contributed by atoms with Gasteiger partial charge in [-0.3, -0.25) is 4.79 Å². The highest BCUT2D eigenvalue weighted by Gasteiger charge is 2.14. The van der Waals surface area contributed by atoms with Crippen molar-refractivity contribution in [3.63, 3.8) is 0 Å². The average molecular weight is 353 g/mol. The van der Waals surface area contributed by atoms with E-state index < -0.39 is 0 Å². The third kappa shape index (κ3) is 5.91. The lowest BCUT2D eigenvalue weighted by atomic mass is 10.2. The largest absolute Gasteiger partial charge is 0.490 e. The topological polar surface area (TPSA) is 56.8 Å². The highest BCUT2D eigenvalue weighted by Crippen LogP contribution is 2.28. The highest BCUT2D eigenvalue weighted by atomic mass is 32.2. The standard InChI is InChI=1S/C18H27NO4S/c1-3-22-16-6-5-14(13-17(16)23-4-2)18(20)19-9-12-24-15-7-10-21-11-8-15/h5-6,13,15H,3-4,7-12H2,1-2H3,(H,19,20). The van der Waals surface area contributed by atoms with Crippen LogP contribution in [0.3, 0.4) is 0 Å². The molecule has 0 aromatic heterocycles. The van der Waals surface area contributed by atoms with E-state index in [1.54, 1.807) is 18.2 Å². The minimum Gasteiger partial charge on any atom is -0.490 e. The fraction of sp³-hybridized carbons (Fsp3) is 0.611. The van der Waals surface area contributed by atoms with E-state index in [0.717, 1.165) is 31.8 Å². The summed E-state index contributed by atoms with van der Waals surface area (Å²) in [7, 11) is 0. The van der Waals surface area contributed by atoms with Crippen LogP contribution in [0.2, 0.25) is 0 Å². The van der Waals surface area contributed by atoms with Gasteiger partial charge in [-0.05, 0) is 44.9 Å². The van der Waals surface area contributed by atoms with Crippen LogP contribution in [0, 0.1) is 0 Å². The van der Waals surface area contributed by atoms with Gasteiger partial charge >= 0.3 is 0 Å². The molecular formula is C18H27NO4S. The molecule has 0 bridgehead atoms. The zero-order valence-electron chi connectivity index (χ0n) is 14.5. The van der Waals surface area contributed by atoms with Crippen molar-refractivity contribution >= 4 is 17.7 Å². The van der Waals surface area contributed by atoms with Gasteiger partial charge in [0.25, 0.3) is 5.91 Å². The zero-order chi connectivity index (χ0) is 17.2. The quantitative estimate of drug-likeness (QED) is 0.691. The molecule has 0 aliphatic carbocycles. The maximum absolute atomic E-state index is 12.3. The summed E-state index contributed by atoms with van der Waals surface area (Å²) in [6, 6.07) is 5.31. The molecule has 0 radical (unpaired) electrons. The molecule has 1 amide bonds. The molecule has 1 fully saturated rings. The summed E-state index contributed by atoms with van der Waals surface area (Å²) >= 11 is 1.92. The lowest BCUT2D eigenvalue weighted by Gasteiger charge is -2.21.